The maximum absolute atomic E-state index is 11.6. The van der Waals surface area contributed by atoms with E-state index in [0.29, 0.717) is 13.0 Å². The van der Waals surface area contributed by atoms with Crippen LogP contribution >= 0.6 is 0 Å². The Morgan fingerprint density at radius 2 is 2.06 bits per heavy atom. The molecule has 1 rings (SSSR count). The molecule has 0 bridgehead atoms. The number of benzene rings is 1. The highest BCUT2D eigenvalue weighted by atomic mass is 16.3. The second kappa shape index (κ2) is 6.91. The van der Waals surface area contributed by atoms with Crippen LogP contribution in [-0.2, 0) is 11.2 Å². The minimum atomic E-state index is -0.531. The average molecular weight is 236 g/mol. The summed E-state index contributed by atoms with van der Waals surface area (Å²) in [5, 5.41) is 11.9. The van der Waals surface area contributed by atoms with Gasteiger partial charge in [0.25, 0.3) is 0 Å². The number of unbranched alkanes of at least 4 members (excludes halogenated alkanes) is 1. The van der Waals surface area contributed by atoms with E-state index in [1.807, 2.05) is 0 Å². The minimum absolute atomic E-state index is 0.119. The van der Waals surface area contributed by atoms with Gasteiger partial charge in [-0.05, 0) is 30.5 Å². The van der Waals surface area contributed by atoms with Crippen molar-refractivity contribution in [1.29, 1.82) is 0 Å². The van der Waals surface area contributed by atoms with Gasteiger partial charge in [-0.3, -0.25) is 4.79 Å². The molecule has 0 spiro atoms. The summed E-state index contributed by atoms with van der Waals surface area (Å²) in [6.45, 7) is 2.75. The van der Waals surface area contributed by atoms with E-state index in [2.05, 4.69) is 12.2 Å². The average Bonchev–Trinajstić information content (AvgIpc) is 2.32. The van der Waals surface area contributed by atoms with E-state index in [-0.39, 0.29) is 11.7 Å². The minimum Gasteiger partial charge on any atom is -0.508 e. The first-order chi connectivity index (χ1) is 8.13. The zero-order valence-corrected chi connectivity index (χ0v) is 10.1. The monoisotopic (exact) mass is 236 g/mol. The van der Waals surface area contributed by atoms with E-state index in [4.69, 9.17) is 10.8 Å². The summed E-state index contributed by atoms with van der Waals surface area (Å²) in [4.78, 5) is 11.6. The number of phenolic OH excluding ortho intramolecular Hbond substituents is 1. The van der Waals surface area contributed by atoms with Crippen LogP contribution in [0.4, 0.5) is 0 Å². The molecule has 4 nitrogen and oxygen atoms in total. The fourth-order valence-electron chi connectivity index (χ4n) is 1.50. The Bertz CT molecular complexity index is 349. The van der Waals surface area contributed by atoms with Crippen LogP contribution in [0.1, 0.15) is 25.3 Å². The Labute approximate surface area is 102 Å². The lowest BCUT2D eigenvalue weighted by Gasteiger charge is -2.12. The van der Waals surface area contributed by atoms with Crippen LogP contribution in [0.15, 0.2) is 24.3 Å². The van der Waals surface area contributed by atoms with Crippen molar-refractivity contribution in [2.75, 3.05) is 6.54 Å². The van der Waals surface area contributed by atoms with Gasteiger partial charge in [0.05, 0.1) is 6.04 Å². The number of hydrogen-bond donors (Lipinski definition) is 3. The predicted molar refractivity (Wildman–Crippen MR) is 67.7 cm³/mol. The summed E-state index contributed by atoms with van der Waals surface area (Å²) in [5.74, 6) is 0.0984. The first kappa shape index (κ1) is 13.5. The standard InChI is InChI=1S/C13H20N2O2/c1-2-3-8-15-13(17)12(14)9-10-4-6-11(16)7-5-10/h4-7,12,16H,2-3,8-9,14H2,1H3,(H,15,17). The lowest BCUT2D eigenvalue weighted by atomic mass is 10.1. The zero-order chi connectivity index (χ0) is 12.7. The topological polar surface area (TPSA) is 75.4 Å². The SMILES string of the molecule is CCCCNC(=O)C(N)Cc1ccc(O)cc1. The second-order valence-corrected chi connectivity index (χ2v) is 4.12. The maximum atomic E-state index is 11.6. The molecule has 1 aromatic carbocycles. The van der Waals surface area contributed by atoms with E-state index in [1.165, 1.54) is 0 Å². The normalized spacial score (nSPS) is 12.1. The molecular weight excluding hydrogens is 216 g/mol. The van der Waals surface area contributed by atoms with Gasteiger partial charge < -0.3 is 16.2 Å². The molecule has 17 heavy (non-hydrogen) atoms. The van der Waals surface area contributed by atoms with E-state index < -0.39 is 6.04 Å². The highest BCUT2D eigenvalue weighted by molar-refractivity contribution is 5.81. The van der Waals surface area contributed by atoms with Crippen molar-refractivity contribution < 1.29 is 9.90 Å². The van der Waals surface area contributed by atoms with Crippen LogP contribution in [0, 0.1) is 0 Å². The molecule has 0 aliphatic rings. The van der Waals surface area contributed by atoms with Gasteiger partial charge in [-0.15, -0.1) is 0 Å². The number of nitrogens with one attached hydrogen (secondary N) is 1. The molecule has 1 aromatic rings. The van der Waals surface area contributed by atoms with Gasteiger partial charge in [-0.2, -0.15) is 0 Å². The van der Waals surface area contributed by atoms with Gasteiger partial charge >= 0.3 is 0 Å². The first-order valence-corrected chi connectivity index (χ1v) is 5.94. The van der Waals surface area contributed by atoms with Gasteiger partial charge in [0.2, 0.25) is 5.91 Å². The van der Waals surface area contributed by atoms with Gasteiger partial charge in [0, 0.05) is 6.54 Å². The highest BCUT2D eigenvalue weighted by Crippen LogP contribution is 2.10. The number of aromatic hydroxyl groups is 1. The molecule has 0 fully saturated rings. The van der Waals surface area contributed by atoms with Crippen molar-refractivity contribution in [2.24, 2.45) is 5.73 Å². The Morgan fingerprint density at radius 1 is 1.41 bits per heavy atom. The summed E-state index contributed by atoms with van der Waals surface area (Å²) in [7, 11) is 0. The highest BCUT2D eigenvalue weighted by Gasteiger charge is 2.13. The number of nitrogens with two attached hydrogens (primary N) is 1. The summed E-state index contributed by atoms with van der Waals surface area (Å²) in [5.41, 5.74) is 6.74. The Hall–Kier alpha value is -1.55. The molecule has 0 saturated carbocycles. The van der Waals surface area contributed by atoms with Gasteiger partial charge in [-0.1, -0.05) is 25.5 Å². The van der Waals surface area contributed by atoms with Crippen LogP contribution < -0.4 is 11.1 Å². The summed E-state index contributed by atoms with van der Waals surface area (Å²) in [6, 6.07) is 6.20. The van der Waals surface area contributed by atoms with Crippen LogP contribution in [0.2, 0.25) is 0 Å². The third-order valence-corrected chi connectivity index (χ3v) is 2.56. The van der Waals surface area contributed by atoms with E-state index in [1.54, 1.807) is 24.3 Å². The van der Waals surface area contributed by atoms with Crippen molar-refractivity contribution in [2.45, 2.75) is 32.2 Å². The number of amides is 1. The number of carbonyl (C=O) groups is 1. The maximum Gasteiger partial charge on any atom is 0.237 e. The third kappa shape index (κ3) is 4.87. The van der Waals surface area contributed by atoms with Crippen LogP contribution in [0.3, 0.4) is 0 Å². The van der Waals surface area contributed by atoms with Crippen molar-refractivity contribution in [1.82, 2.24) is 5.32 Å². The number of hydrogen-bond acceptors (Lipinski definition) is 3. The van der Waals surface area contributed by atoms with Crippen LogP contribution in [-0.4, -0.2) is 23.6 Å². The molecule has 1 unspecified atom stereocenters. The van der Waals surface area contributed by atoms with Crippen LogP contribution in [0.5, 0.6) is 5.75 Å². The Kier molecular flexibility index (Phi) is 5.49. The molecule has 94 valence electrons. The summed E-state index contributed by atoms with van der Waals surface area (Å²) in [6.07, 6.45) is 2.50. The number of carbonyl (C=O) groups excluding carboxylic acids is 1. The quantitative estimate of drug-likeness (QED) is 0.649. The first-order valence-electron chi connectivity index (χ1n) is 5.94. The number of rotatable bonds is 6. The molecule has 0 radical (unpaired) electrons. The fraction of sp³-hybridized carbons (Fsp3) is 0.462. The van der Waals surface area contributed by atoms with Crippen molar-refractivity contribution in [3.63, 3.8) is 0 Å². The van der Waals surface area contributed by atoms with Crippen molar-refractivity contribution in [3.05, 3.63) is 29.8 Å². The molecule has 0 saturated heterocycles. The molecule has 0 heterocycles. The van der Waals surface area contributed by atoms with Crippen molar-refractivity contribution in [3.8, 4) is 5.75 Å². The lowest BCUT2D eigenvalue weighted by molar-refractivity contribution is -0.122. The Morgan fingerprint density at radius 3 is 2.65 bits per heavy atom. The predicted octanol–water partition coefficient (Wildman–Crippen LogP) is 1.18. The number of phenols is 1. The molecule has 0 aliphatic carbocycles. The largest absolute Gasteiger partial charge is 0.508 e. The molecule has 1 atom stereocenters. The summed E-state index contributed by atoms with van der Waals surface area (Å²) < 4.78 is 0. The van der Waals surface area contributed by atoms with Gasteiger partial charge in [0.15, 0.2) is 0 Å². The molecule has 1 amide bonds. The van der Waals surface area contributed by atoms with Gasteiger partial charge in [0.1, 0.15) is 5.75 Å². The zero-order valence-electron chi connectivity index (χ0n) is 10.1. The molecule has 4 heteroatoms. The van der Waals surface area contributed by atoms with E-state index in [0.717, 1.165) is 18.4 Å². The van der Waals surface area contributed by atoms with Crippen molar-refractivity contribution >= 4 is 5.91 Å². The smallest absolute Gasteiger partial charge is 0.237 e. The molecule has 4 N–H and O–H groups in total. The van der Waals surface area contributed by atoms with Gasteiger partial charge in [-0.25, -0.2) is 0 Å². The third-order valence-electron chi connectivity index (χ3n) is 2.56. The Balaban J connectivity index is 2.40. The molecular formula is C13H20N2O2. The van der Waals surface area contributed by atoms with Crippen LogP contribution in [0.25, 0.3) is 0 Å². The van der Waals surface area contributed by atoms with E-state index >= 15 is 0 Å². The molecule has 0 aliphatic heterocycles. The fourth-order valence-corrected chi connectivity index (χ4v) is 1.50. The van der Waals surface area contributed by atoms with E-state index in [9.17, 15) is 4.79 Å². The summed E-state index contributed by atoms with van der Waals surface area (Å²) >= 11 is 0. The second-order valence-electron chi connectivity index (χ2n) is 4.12. The lowest BCUT2D eigenvalue weighted by Crippen LogP contribution is -2.42. The molecule has 0 aromatic heterocycles.